The normalized spacial score (nSPS) is 20.3. The smallest absolute Gasteiger partial charge is 0.334 e. The lowest BCUT2D eigenvalue weighted by Crippen LogP contribution is -2.57. The van der Waals surface area contributed by atoms with E-state index in [0.717, 1.165) is 37.3 Å². The zero-order valence-electron chi connectivity index (χ0n) is 26.9. The van der Waals surface area contributed by atoms with Gasteiger partial charge >= 0.3 is 5.97 Å². The van der Waals surface area contributed by atoms with Gasteiger partial charge in [-0.2, -0.15) is 0 Å². The van der Waals surface area contributed by atoms with Crippen molar-refractivity contribution in [3.05, 3.63) is 87.4 Å². The van der Waals surface area contributed by atoms with Gasteiger partial charge in [0.1, 0.15) is 52.5 Å². The SMILES string of the molecule is C/C=C(\C(=O)O[C@@H]1Cc2c(c(-c3cccc(O)c3)c3oc(CO)cc(=O)c3c2O)O[C@@]1(C)[C@H](CO)Cc1ccc(N)nc1)C1CCCC1. The van der Waals surface area contributed by atoms with Crippen LogP contribution in [0.4, 0.5) is 5.82 Å². The lowest BCUT2D eigenvalue weighted by Gasteiger charge is -2.46. The number of carbonyl (C=O) groups is 1. The van der Waals surface area contributed by atoms with Gasteiger partial charge in [0.2, 0.25) is 0 Å². The van der Waals surface area contributed by atoms with Crippen LogP contribution in [0.15, 0.2) is 69.5 Å². The number of aromatic hydroxyl groups is 2. The summed E-state index contributed by atoms with van der Waals surface area (Å²) >= 11 is 0. The second-order valence-corrected chi connectivity index (χ2v) is 12.8. The maximum Gasteiger partial charge on any atom is 0.334 e. The Morgan fingerprint density at radius 2 is 1.94 bits per heavy atom. The molecule has 3 heterocycles. The second kappa shape index (κ2) is 13.3. The van der Waals surface area contributed by atoms with E-state index in [1.54, 1.807) is 43.5 Å². The van der Waals surface area contributed by atoms with Gasteiger partial charge in [-0.25, -0.2) is 9.78 Å². The number of esters is 1. The van der Waals surface area contributed by atoms with Crippen molar-refractivity contribution >= 4 is 22.8 Å². The third kappa shape index (κ3) is 5.99. The van der Waals surface area contributed by atoms with Crippen molar-refractivity contribution in [3.63, 3.8) is 0 Å². The first-order chi connectivity index (χ1) is 23.1. The van der Waals surface area contributed by atoms with Crippen molar-refractivity contribution < 1.29 is 39.1 Å². The number of nitrogens with two attached hydrogens (primary N) is 1. The Kier molecular flexibility index (Phi) is 9.18. The summed E-state index contributed by atoms with van der Waals surface area (Å²) in [5, 5.41) is 42.8. The van der Waals surface area contributed by atoms with Crippen LogP contribution in [-0.4, -0.2) is 49.7 Å². The van der Waals surface area contributed by atoms with Crippen molar-refractivity contribution in [2.75, 3.05) is 12.3 Å². The molecular weight excluding hydrogens is 616 g/mol. The van der Waals surface area contributed by atoms with Crippen LogP contribution in [0.25, 0.3) is 22.1 Å². The average molecular weight is 657 g/mol. The monoisotopic (exact) mass is 656 g/mol. The zero-order valence-corrected chi connectivity index (χ0v) is 26.9. The fourth-order valence-electron chi connectivity index (χ4n) is 7.18. The van der Waals surface area contributed by atoms with Gasteiger partial charge in [-0.3, -0.25) is 4.79 Å². The van der Waals surface area contributed by atoms with E-state index in [4.69, 9.17) is 19.6 Å². The number of hydrogen-bond acceptors (Lipinski definition) is 11. The van der Waals surface area contributed by atoms with Crippen LogP contribution in [0.5, 0.6) is 17.2 Å². The minimum absolute atomic E-state index is 0.0338. The highest BCUT2D eigenvalue weighted by molar-refractivity contribution is 6.01. The molecule has 252 valence electrons. The van der Waals surface area contributed by atoms with Gasteiger partial charge in [0, 0.05) is 35.7 Å². The highest BCUT2D eigenvalue weighted by Crippen LogP contribution is 2.52. The number of allylic oxidation sites excluding steroid dienone is 1. The number of benzene rings is 2. The molecule has 4 aromatic rings. The molecule has 1 aliphatic heterocycles. The molecule has 0 radical (unpaired) electrons. The van der Waals surface area contributed by atoms with Crippen molar-refractivity contribution in [2.24, 2.45) is 11.8 Å². The summed E-state index contributed by atoms with van der Waals surface area (Å²) < 4.78 is 19.2. The van der Waals surface area contributed by atoms with Gasteiger partial charge in [-0.1, -0.05) is 37.1 Å². The van der Waals surface area contributed by atoms with Crippen LogP contribution < -0.4 is 15.9 Å². The maximum atomic E-state index is 13.9. The molecule has 0 bridgehead atoms. The van der Waals surface area contributed by atoms with Gasteiger partial charge in [0.05, 0.1) is 12.2 Å². The molecule has 2 aromatic carbocycles. The highest BCUT2D eigenvalue weighted by atomic mass is 16.6. The number of rotatable bonds is 9. The molecule has 11 nitrogen and oxygen atoms in total. The molecule has 6 N–H and O–H groups in total. The molecular formula is C37H40N2O9. The van der Waals surface area contributed by atoms with Crippen LogP contribution in [-0.2, 0) is 29.0 Å². The molecule has 11 heteroatoms. The van der Waals surface area contributed by atoms with Gasteiger partial charge in [-0.15, -0.1) is 0 Å². The third-order valence-electron chi connectivity index (χ3n) is 9.84. The van der Waals surface area contributed by atoms with E-state index in [1.165, 1.54) is 12.1 Å². The number of anilines is 1. The molecule has 0 unspecified atom stereocenters. The van der Waals surface area contributed by atoms with E-state index in [0.29, 0.717) is 17.0 Å². The summed E-state index contributed by atoms with van der Waals surface area (Å²) in [4.78, 5) is 31.5. The number of aliphatic hydroxyl groups is 2. The average Bonchev–Trinajstić information content (AvgIpc) is 3.60. The number of carbonyl (C=O) groups excluding carboxylic acids is 1. The van der Waals surface area contributed by atoms with Crippen LogP contribution in [0.1, 0.15) is 56.4 Å². The number of fused-ring (bicyclic) bond motifs is 2. The maximum absolute atomic E-state index is 13.9. The van der Waals surface area contributed by atoms with Crippen molar-refractivity contribution in [3.8, 4) is 28.4 Å². The number of phenols is 2. The van der Waals surface area contributed by atoms with Crippen LogP contribution in [0.3, 0.4) is 0 Å². The van der Waals surface area contributed by atoms with E-state index >= 15 is 0 Å². The topological polar surface area (TPSA) is 186 Å². The van der Waals surface area contributed by atoms with Crippen molar-refractivity contribution in [1.29, 1.82) is 0 Å². The third-order valence-corrected chi connectivity index (χ3v) is 9.84. The molecule has 1 saturated carbocycles. The number of hydrogen-bond donors (Lipinski definition) is 5. The minimum atomic E-state index is -1.39. The number of nitrogen functional groups attached to an aromatic ring is 1. The van der Waals surface area contributed by atoms with Gasteiger partial charge in [-0.05, 0) is 68.4 Å². The summed E-state index contributed by atoms with van der Waals surface area (Å²) in [6.45, 7) is 2.62. The molecule has 2 aromatic heterocycles. The molecule has 1 aliphatic carbocycles. The molecule has 0 saturated heterocycles. The first kappa shape index (κ1) is 33.0. The largest absolute Gasteiger partial charge is 0.508 e. The van der Waals surface area contributed by atoms with E-state index in [9.17, 15) is 30.0 Å². The second-order valence-electron chi connectivity index (χ2n) is 12.8. The van der Waals surface area contributed by atoms with Crippen LogP contribution >= 0.6 is 0 Å². The molecule has 2 aliphatic rings. The Morgan fingerprint density at radius 3 is 2.58 bits per heavy atom. The van der Waals surface area contributed by atoms with Crippen molar-refractivity contribution in [2.45, 2.75) is 70.7 Å². The number of nitrogens with zero attached hydrogens (tertiary/aromatic N) is 1. The Morgan fingerprint density at radius 1 is 1.17 bits per heavy atom. The first-order valence-electron chi connectivity index (χ1n) is 16.2. The van der Waals surface area contributed by atoms with E-state index < -0.39 is 41.4 Å². The number of ether oxygens (including phenoxy) is 2. The summed E-state index contributed by atoms with van der Waals surface area (Å²) in [7, 11) is 0. The fourth-order valence-corrected chi connectivity index (χ4v) is 7.18. The van der Waals surface area contributed by atoms with Gasteiger partial charge < -0.3 is 40.1 Å². The Balaban J connectivity index is 1.56. The van der Waals surface area contributed by atoms with Crippen LogP contribution in [0.2, 0.25) is 0 Å². The summed E-state index contributed by atoms with van der Waals surface area (Å²) in [6.07, 6.45) is 6.39. The van der Waals surface area contributed by atoms with Crippen LogP contribution in [0, 0.1) is 11.8 Å². The number of aliphatic hydroxyl groups excluding tert-OH is 2. The Bertz CT molecular complexity index is 1930. The fraction of sp³-hybridized carbons (Fsp3) is 0.378. The summed E-state index contributed by atoms with van der Waals surface area (Å²) in [6, 6.07) is 10.8. The lowest BCUT2D eigenvalue weighted by atomic mass is 9.76. The van der Waals surface area contributed by atoms with Crippen molar-refractivity contribution in [1.82, 2.24) is 4.98 Å². The molecule has 3 atom stereocenters. The molecule has 48 heavy (non-hydrogen) atoms. The number of aromatic nitrogens is 1. The van der Waals surface area contributed by atoms with E-state index in [1.807, 2.05) is 6.92 Å². The molecule has 0 amide bonds. The summed E-state index contributed by atoms with van der Waals surface area (Å²) in [5.41, 5.74) is 5.98. The number of phenolic OH excluding ortho intramolecular Hbond substituents is 2. The standard InChI is InChI=1S/C37H40N2O9/c1-3-26(21-7-4-5-8-21)36(45)47-29-16-27-33(44)32-28(43)15-25(19-41)46-35(32)31(22-9-6-10-24(42)14-22)34(27)48-37(29,2)23(18-40)13-20-11-12-30(38)39-17-20/h3,6,9-12,14-15,17,21,23,29,40-42,44H,4-5,7-8,13,16,18-19H2,1-2H3,(H2,38,39)/b26-3-/t23-,29+,37-/m0/s1. The van der Waals surface area contributed by atoms with E-state index in [2.05, 4.69) is 4.98 Å². The molecule has 0 spiro atoms. The molecule has 1 fully saturated rings. The Hall–Kier alpha value is -4.87. The first-order valence-corrected chi connectivity index (χ1v) is 16.2. The molecule has 6 rings (SSSR count). The number of pyridine rings is 1. The summed E-state index contributed by atoms with van der Waals surface area (Å²) in [5.74, 6) is -1.13. The predicted molar refractivity (Wildman–Crippen MR) is 178 cm³/mol. The Labute approximate surface area is 277 Å². The zero-order chi connectivity index (χ0) is 34.2. The highest BCUT2D eigenvalue weighted by Gasteiger charge is 2.51. The van der Waals surface area contributed by atoms with Gasteiger partial charge in [0.25, 0.3) is 0 Å². The quantitative estimate of drug-likeness (QED) is 0.121. The van der Waals surface area contributed by atoms with Gasteiger partial charge in [0.15, 0.2) is 11.0 Å². The predicted octanol–water partition coefficient (Wildman–Crippen LogP) is 4.93. The minimum Gasteiger partial charge on any atom is -0.508 e. The van der Waals surface area contributed by atoms with E-state index in [-0.39, 0.29) is 64.7 Å². The lowest BCUT2D eigenvalue weighted by molar-refractivity contribution is -0.167.